The number of likely N-dealkylation sites (tertiary alicyclic amines) is 1. The molecule has 1 N–H and O–H groups in total. The lowest BCUT2D eigenvalue weighted by Gasteiger charge is -2.22. The summed E-state index contributed by atoms with van der Waals surface area (Å²) in [6.07, 6.45) is 4.07. The van der Waals surface area contributed by atoms with Gasteiger partial charge in [-0.25, -0.2) is 0 Å². The Bertz CT molecular complexity index is 441. The highest BCUT2D eigenvalue weighted by Crippen LogP contribution is 2.18. The number of hydrogen-bond donors (Lipinski definition) is 1. The van der Waals surface area contributed by atoms with Crippen LogP contribution in [0.1, 0.15) is 38.0 Å². The van der Waals surface area contributed by atoms with Crippen molar-refractivity contribution < 1.29 is 9.90 Å². The number of rotatable bonds is 5. The van der Waals surface area contributed by atoms with Crippen LogP contribution in [0.15, 0.2) is 18.3 Å². The van der Waals surface area contributed by atoms with Crippen LogP contribution >= 0.6 is 0 Å². The Labute approximate surface area is 120 Å². The molecule has 1 aromatic rings. The Morgan fingerprint density at radius 3 is 2.70 bits per heavy atom. The van der Waals surface area contributed by atoms with Crippen molar-refractivity contribution in [2.45, 2.75) is 32.3 Å². The molecule has 1 atom stereocenters. The smallest absolute Gasteiger partial charge is 0.242 e. The second kappa shape index (κ2) is 6.70. The monoisotopic (exact) mass is 277 g/mol. The van der Waals surface area contributed by atoms with E-state index in [1.807, 2.05) is 35.9 Å². The summed E-state index contributed by atoms with van der Waals surface area (Å²) >= 11 is 0. The third kappa shape index (κ3) is 3.48. The number of nitrogens with zero attached hydrogens (tertiary/aromatic N) is 3. The molecule has 2 rings (SSSR count). The van der Waals surface area contributed by atoms with E-state index < -0.39 is 6.10 Å². The first-order valence-electron chi connectivity index (χ1n) is 7.24. The minimum atomic E-state index is -0.513. The summed E-state index contributed by atoms with van der Waals surface area (Å²) in [6, 6.07) is 3.72. The summed E-state index contributed by atoms with van der Waals surface area (Å²) in [5.74, 6) is 0.169. The van der Waals surface area contributed by atoms with Crippen LogP contribution in [0.3, 0.4) is 0 Å². The first kappa shape index (κ1) is 14.8. The van der Waals surface area contributed by atoms with Gasteiger partial charge in [0.2, 0.25) is 5.91 Å². The van der Waals surface area contributed by atoms with Crippen LogP contribution in [0.4, 0.5) is 5.69 Å². The molecule has 0 spiro atoms. The highest BCUT2D eigenvalue weighted by Gasteiger charge is 2.19. The van der Waals surface area contributed by atoms with E-state index in [0.29, 0.717) is 18.7 Å². The van der Waals surface area contributed by atoms with Crippen molar-refractivity contribution in [3.63, 3.8) is 0 Å². The number of aliphatic hydroxyl groups excluding tert-OH is 1. The Hall–Kier alpha value is -1.62. The predicted molar refractivity (Wildman–Crippen MR) is 78.6 cm³/mol. The zero-order chi connectivity index (χ0) is 14.5. The molecule has 110 valence electrons. The van der Waals surface area contributed by atoms with E-state index in [2.05, 4.69) is 4.98 Å². The fraction of sp³-hybridized carbons (Fsp3) is 0.600. The van der Waals surface area contributed by atoms with Gasteiger partial charge in [0.25, 0.3) is 0 Å². The van der Waals surface area contributed by atoms with Crippen molar-refractivity contribution in [1.82, 2.24) is 9.88 Å². The molecule has 0 unspecified atom stereocenters. The predicted octanol–water partition coefficient (Wildman–Crippen LogP) is 1.58. The molecule has 0 radical (unpaired) electrons. The summed E-state index contributed by atoms with van der Waals surface area (Å²) in [5.41, 5.74) is 1.57. The average Bonchev–Trinajstić information content (AvgIpc) is 3.01. The maximum atomic E-state index is 12.1. The van der Waals surface area contributed by atoms with Crippen molar-refractivity contribution in [3.8, 4) is 0 Å². The molecule has 1 aliphatic rings. The van der Waals surface area contributed by atoms with Gasteiger partial charge in [0, 0.05) is 20.1 Å². The Morgan fingerprint density at radius 1 is 1.45 bits per heavy atom. The van der Waals surface area contributed by atoms with Gasteiger partial charge in [0.15, 0.2) is 0 Å². The topological polar surface area (TPSA) is 56.7 Å². The van der Waals surface area contributed by atoms with Gasteiger partial charge in [-0.2, -0.15) is 0 Å². The van der Waals surface area contributed by atoms with E-state index in [9.17, 15) is 9.90 Å². The van der Waals surface area contributed by atoms with E-state index in [0.717, 1.165) is 31.6 Å². The lowest BCUT2D eigenvalue weighted by Crippen LogP contribution is -2.37. The minimum Gasteiger partial charge on any atom is -0.387 e. The van der Waals surface area contributed by atoms with Gasteiger partial charge in [-0.3, -0.25) is 9.78 Å². The summed E-state index contributed by atoms with van der Waals surface area (Å²) in [4.78, 5) is 20.1. The summed E-state index contributed by atoms with van der Waals surface area (Å²) in [6.45, 7) is 4.05. The van der Waals surface area contributed by atoms with Gasteiger partial charge in [-0.05, 0) is 31.4 Å². The third-order valence-electron chi connectivity index (χ3n) is 3.77. The summed E-state index contributed by atoms with van der Waals surface area (Å²) < 4.78 is 0. The molecule has 0 saturated carbocycles. The maximum absolute atomic E-state index is 12.1. The number of aromatic nitrogens is 1. The molecule has 5 nitrogen and oxygen atoms in total. The van der Waals surface area contributed by atoms with Gasteiger partial charge in [0.05, 0.1) is 30.2 Å². The molecule has 5 heteroatoms. The second-order valence-electron chi connectivity index (χ2n) is 5.31. The highest BCUT2D eigenvalue weighted by molar-refractivity contribution is 5.81. The number of carbonyl (C=O) groups is 1. The van der Waals surface area contributed by atoms with Crippen molar-refractivity contribution in [2.24, 2.45) is 0 Å². The van der Waals surface area contributed by atoms with Crippen LogP contribution in [0, 0.1) is 0 Å². The molecule has 0 aromatic carbocycles. The van der Waals surface area contributed by atoms with Crippen molar-refractivity contribution in [1.29, 1.82) is 0 Å². The normalized spacial score (nSPS) is 16.2. The summed E-state index contributed by atoms with van der Waals surface area (Å²) in [7, 11) is 1.89. The molecule has 1 aliphatic heterocycles. The average molecular weight is 277 g/mol. The van der Waals surface area contributed by atoms with Crippen molar-refractivity contribution in [3.05, 3.63) is 24.0 Å². The number of carbonyl (C=O) groups excluding carboxylic acids is 1. The molecule has 0 bridgehead atoms. The van der Waals surface area contributed by atoms with Gasteiger partial charge in [0.1, 0.15) is 0 Å². The van der Waals surface area contributed by atoms with Gasteiger partial charge >= 0.3 is 0 Å². The second-order valence-corrected chi connectivity index (χ2v) is 5.31. The zero-order valence-electron chi connectivity index (χ0n) is 12.2. The van der Waals surface area contributed by atoms with Crippen LogP contribution in [-0.2, 0) is 4.79 Å². The van der Waals surface area contributed by atoms with Crippen molar-refractivity contribution >= 4 is 11.6 Å². The molecule has 1 fully saturated rings. The first-order valence-corrected chi connectivity index (χ1v) is 7.24. The molecule has 2 heterocycles. The van der Waals surface area contributed by atoms with Crippen LogP contribution in [0.25, 0.3) is 0 Å². The van der Waals surface area contributed by atoms with E-state index in [1.165, 1.54) is 0 Å². The molecule has 1 amide bonds. The fourth-order valence-electron chi connectivity index (χ4n) is 2.39. The highest BCUT2D eigenvalue weighted by atomic mass is 16.3. The number of aliphatic hydroxyl groups is 1. The molecular weight excluding hydrogens is 254 g/mol. The number of pyridine rings is 1. The van der Waals surface area contributed by atoms with Crippen molar-refractivity contribution in [2.75, 3.05) is 31.6 Å². The van der Waals surface area contributed by atoms with E-state index in [1.54, 1.807) is 6.20 Å². The number of anilines is 1. The molecule has 20 heavy (non-hydrogen) atoms. The van der Waals surface area contributed by atoms with Gasteiger partial charge in [-0.1, -0.05) is 6.92 Å². The van der Waals surface area contributed by atoms with E-state index in [-0.39, 0.29) is 5.91 Å². The maximum Gasteiger partial charge on any atom is 0.242 e. The van der Waals surface area contributed by atoms with Gasteiger partial charge < -0.3 is 14.9 Å². The van der Waals surface area contributed by atoms with E-state index >= 15 is 0 Å². The zero-order valence-corrected chi connectivity index (χ0v) is 12.2. The molecular formula is C15H23N3O2. The minimum absolute atomic E-state index is 0.169. The lowest BCUT2D eigenvalue weighted by atomic mass is 10.2. The Balaban J connectivity index is 1.94. The Kier molecular flexibility index (Phi) is 4.95. The van der Waals surface area contributed by atoms with Gasteiger partial charge in [-0.15, -0.1) is 0 Å². The number of likely N-dealkylation sites (N-methyl/N-ethyl adjacent to an activating group) is 1. The molecule has 1 saturated heterocycles. The largest absolute Gasteiger partial charge is 0.387 e. The Morgan fingerprint density at radius 2 is 2.15 bits per heavy atom. The standard InChI is InChI=1S/C15H23N3O2/c1-3-14(19)13-7-6-12(10-16-13)17(2)11-15(20)18-8-4-5-9-18/h6-7,10,14,19H,3-5,8-9,11H2,1-2H3/t14-/m1/s1. The lowest BCUT2D eigenvalue weighted by molar-refractivity contribution is -0.128. The number of amides is 1. The summed E-state index contributed by atoms with van der Waals surface area (Å²) in [5, 5.41) is 9.71. The van der Waals surface area contributed by atoms with Crippen LogP contribution in [0.5, 0.6) is 0 Å². The fourth-order valence-corrected chi connectivity index (χ4v) is 2.39. The molecule has 0 aliphatic carbocycles. The van der Waals surface area contributed by atoms with Crippen LogP contribution in [-0.4, -0.2) is 47.6 Å². The first-order chi connectivity index (χ1) is 9.61. The SMILES string of the molecule is CC[C@@H](O)c1ccc(N(C)CC(=O)N2CCCC2)cn1. The van der Waals surface area contributed by atoms with Crippen LogP contribution in [0.2, 0.25) is 0 Å². The van der Waals surface area contributed by atoms with E-state index in [4.69, 9.17) is 0 Å². The van der Waals surface area contributed by atoms with Crippen LogP contribution < -0.4 is 4.90 Å². The number of hydrogen-bond acceptors (Lipinski definition) is 4. The molecule has 1 aromatic heterocycles. The third-order valence-corrected chi connectivity index (χ3v) is 3.77. The quantitative estimate of drug-likeness (QED) is 0.888.